The molecule has 0 radical (unpaired) electrons. The van der Waals surface area contributed by atoms with Gasteiger partial charge in [-0.1, -0.05) is 0 Å². The van der Waals surface area contributed by atoms with E-state index in [2.05, 4.69) is 14.7 Å². The van der Waals surface area contributed by atoms with Crippen LogP contribution in [0, 0.1) is 0 Å². The maximum atomic E-state index is 12.1. The molecule has 2 heterocycles. The number of ether oxygens (including phenoxy) is 1. The Hall–Kier alpha value is -1.90. The Morgan fingerprint density at radius 3 is 2.41 bits per heavy atom. The van der Waals surface area contributed by atoms with E-state index in [1.807, 2.05) is 4.90 Å². The fraction of sp³-hybridized carbons (Fsp3) is 0.615. The predicted molar refractivity (Wildman–Crippen MR) is 72.3 cm³/mol. The molecule has 0 N–H and O–H groups in total. The predicted octanol–water partition coefficient (Wildman–Crippen LogP) is 1.09. The van der Waals surface area contributed by atoms with Crippen LogP contribution < -0.4 is 4.90 Å². The van der Waals surface area contributed by atoms with Crippen LogP contribution in [0.1, 0.15) is 6.92 Å². The second kappa shape index (κ2) is 6.91. The number of aromatic nitrogens is 2. The van der Waals surface area contributed by atoms with E-state index >= 15 is 0 Å². The number of halogens is 3. The van der Waals surface area contributed by atoms with Crippen molar-refractivity contribution in [3.63, 3.8) is 0 Å². The van der Waals surface area contributed by atoms with Crippen molar-refractivity contribution in [3.8, 4) is 0 Å². The first-order valence-corrected chi connectivity index (χ1v) is 6.86. The minimum absolute atomic E-state index is 0.400. The first-order chi connectivity index (χ1) is 10.4. The third kappa shape index (κ3) is 4.55. The van der Waals surface area contributed by atoms with Gasteiger partial charge in [0.15, 0.2) is 0 Å². The minimum Gasteiger partial charge on any atom is -0.359 e. The Kier molecular flexibility index (Phi) is 5.17. The summed E-state index contributed by atoms with van der Waals surface area (Å²) in [7, 11) is 0. The molecule has 0 aromatic carbocycles. The molecular formula is C13H17F3N4O2. The molecule has 1 aromatic rings. The quantitative estimate of drug-likeness (QED) is 0.832. The lowest BCUT2D eigenvalue weighted by molar-refractivity contribution is -0.188. The van der Waals surface area contributed by atoms with E-state index in [1.165, 1.54) is 11.8 Å². The molecule has 1 fully saturated rings. The lowest BCUT2D eigenvalue weighted by Gasteiger charge is -2.35. The zero-order valence-electron chi connectivity index (χ0n) is 12.1. The summed E-state index contributed by atoms with van der Waals surface area (Å²) in [4.78, 5) is 23.7. The van der Waals surface area contributed by atoms with Gasteiger partial charge in [0.2, 0.25) is 5.95 Å². The number of rotatable bonds is 4. The monoisotopic (exact) mass is 318 g/mol. The van der Waals surface area contributed by atoms with Crippen molar-refractivity contribution in [2.45, 2.75) is 19.2 Å². The topological polar surface area (TPSA) is 58.6 Å². The van der Waals surface area contributed by atoms with Crippen molar-refractivity contribution in [1.82, 2.24) is 14.9 Å². The standard InChI is InChI=1S/C13H17F3N4O2/c1-10(22-9-13(14,15)16)11(21)19-5-7-20(8-6-19)12-17-3-2-4-18-12/h2-4,10H,5-9H2,1H3. The number of nitrogens with zero attached hydrogens (tertiary/aromatic N) is 4. The summed E-state index contributed by atoms with van der Waals surface area (Å²) in [5, 5.41) is 0. The van der Waals surface area contributed by atoms with Crippen molar-refractivity contribution in [1.29, 1.82) is 0 Å². The SMILES string of the molecule is CC(OCC(F)(F)F)C(=O)N1CCN(c2ncccn2)CC1. The van der Waals surface area contributed by atoms with Crippen LogP contribution in [-0.4, -0.2) is 65.8 Å². The number of amides is 1. The van der Waals surface area contributed by atoms with E-state index < -0.39 is 24.8 Å². The van der Waals surface area contributed by atoms with Gasteiger partial charge in [0.1, 0.15) is 12.7 Å². The summed E-state index contributed by atoms with van der Waals surface area (Å²) in [6.45, 7) is 1.77. The van der Waals surface area contributed by atoms with Crippen LogP contribution >= 0.6 is 0 Å². The minimum atomic E-state index is -4.43. The molecule has 0 bridgehead atoms. The van der Waals surface area contributed by atoms with Gasteiger partial charge in [0.25, 0.3) is 5.91 Å². The van der Waals surface area contributed by atoms with Crippen molar-refractivity contribution in [3.05, 3.63) is 18.5 Å². The average molecular weight is 318 g/mol. The van der Waals surface area contributed by atoms with E-state index in [0.29, 0.717) is 32.1 Å². The molecule has 9 heteroatoms. The highest BCUT2D eigenvalue weighted by molar-refractivity contribution is 5.80. The Balaban J connectivity index is 1.82. The van der Waals surface area contributed by atoms with E-state index in [0.717, 1.165) is 0 Å². The number of piperazine rings is 1. The molecule has 1 saturated heterocycles. The molecule has 1 aliphatic heterocycles. The highest BCUT2D eigenvalue weighted by atomic mass is 19.4. The van der Waals surface area contributed by atoms with Crippen LogP contribution in [0.3, 0.4) is 0 Å². The van der Waals surface area contributed by atoms with Crippen LogP contribution in [0.15, 0.2) is 18.5 Å². The lowest BCUT2D eigenvalue weighted by atomic mass is 10.2. The number of carbonyl (C=O) groups excluding carboxylic acids is 1. The average Bonchev–Trinajstić information content (AvgIpc) is 2.52. The van der Waals surface area contributed by atoms with Gasteiger partial charge in [-0.15, -0.1) is 0 Å². The van der Waals surface area contributed by atoms with Crippen molar-refractivity contribution >= 4 is 11.9 Å². The summed E-state index contributed by atoms with van der Waals surface area (Å²) < 4.78 is 40.8. The van der Waals surface area contributed by atoms with Gasteiger partial charge in [0.05, 0.1) is 0 Å². The Morgan fingerprint density at radius 1 is 1.27 bits per heavy atom. The summed E-state index contributed by atoms with van der Waals surface area (Å²) >= 11 is 0. The highest BCUT2D eigenvalue weighted by Gasteiger charge is 2.32. The first-order valence-electron chi connectivity index (χ1n) is 6.86. The van der Waals surface area contributed by atoms with Crippen LogP contribution in [0.25, 0.3) is 0 Å². The third-order valence-electron chi connectivity index (χ3n) is 3.27. The number of hydrogen-bond acceptors (Lipinski definition) is 5. The van der Waals surface area contributed by atoms with E-state index in [4.69, 9.17) is 0 Å². The maximum Gasteiger partial charge on any atom is 0.411 e. The van der Waals surface area contributed by atoms with Crippen LogP contribution in [0.5, 0.6) is 0 Å². The third-order valence-corrected chi connectivity index (χ3v) is 3.27. The van der Waals surface area contributed by atoms with Crippen molar-refractivity contribution in [2.24, 2.45) is 0 Å². The Morgan fingerprint density at radius 2 is 1.86 bits per heavy atom. The maximum absolute atomic E-state index is 12.1. The van der Waals surface area contributed by atoms with Crippen LogP contribution in [-0.2, 0) is 9.53 Å². The number of carbonyl (C=O) groups is 1. The van der Waals surface area contributed by atoms with Crippen LogP contribution in [0.4, 0.5) is 19.1 Å². The number of hydrogen-bond donors (Lipinski definition) is 0. The second-order valence-electron chi connectivity index (χ2n) is 4.93. The van der Waals surface area contributed by atoms with E-state index in [-0.39, 0.29) is 0 Å². The van der Waals surface area contributed by atoms with Gasteiger partial charge in [-0.25, -0.2) is 9.97 Å². The number of alkyl halides is 3. The van der Waals surface area contributed by atoms with Gasteiger partial charge >= 0.3 is 6.18 Å². The highest BCUT2D eigenvalue weighted by Crippen LogP contribution is 2.16. The summed E-state index contributed by atoms with van der Waals surface area (Å²) in [5.41, 5.74) is 0. The molecule has 22 heavy (non-hydrogen) atoms. The van der Waals surface area contributed by atoms with Gasteiger partial charge < -0.3 is 14.5 Å². The first kappa shape index (κ1) is 16.5. The van der Waals surface area contributed by atoms with E-state index in [1.54, 1.807) is 18.5 Å². The molecule has 0 aliphatic carbocycles. The molecule has 0 saturated carbocycles. The molecule has 1 atom stereocenters. The molecular weight excluding hydrogens is 301 g/mol. The largest absolute Gasteiger partial charge is 0.411 e. The lowest BCUT2D eigenvalue weighted by Crippen LogP contribution is -2.52. The molecule has 1 aromatic heterocycles. The summed E-state index contributed by atoms with van der Waals surface area (Å²) in [6.07, 6.45) is -2.28. The second-order valence-corrected chi connectivity index (χ2v) is 4.93. The Labute approximate surface area is 125 Å². The normalized spacial score (nSPS) is 17.5. The smallest absolute Gasteiger partial charge is 0.359 e. The number of anilines is 1. The fourth-order valence-corrected chi connectivity index (χ4v) is 2.13. The molecule has 6 nitrogen and oxygen atoms in total. The summed E-state index contributed by atoms with van der Waals surface area (Å²) in [6, 6.07) is 1.71. The van der Waals surface area contributed by atoms with Gasteiger partial charge in [0, 0.05) is 38.6 Å². The molecule has 0 spiro atoms. The van der Waals surface area contributed by atoms with Gasteiger partial charge in [-0.3, -0.25) is 4.79 Å². The molecule has 2 rings (SSSR count). The fourth-order valence-electron chi connectivity index (χ4n) is 2.13. The van der Waals surface area contributed by atoms with Gasteiger partial charge in [-0.2, -0.15) is 13.2 Å². The van der Waals surface area contributed by atoms with E-state index in [9.17, 15) is 18.0 Å². The van der Waals surface area contributed by atoms with Crippen molar-refractivity contribution in [2.75, 3.05) is 37.7 Å². The summed E-state index contributed by atoms with van der Waals surface area (Å²) in [5.74, 6) is 0.147. The zero-order valence-corrected chi connectivity index (χ0v) is 12.1. The molecule has 1 unspecified atom stereocenters. The molecule has 1 amide bonds. The zero-order chi connectivity index (χ0) is 16.2. The Bertz CT molecular complexity index is 490. The molecule has 1 aliphatic rings. The van der Waals surface area contributed by atoms with Gasteiger partial charge in [-0.05, 0) is 13.0 Å². The molecule has 122 valence electrons. The van der Waals surface area contributed by atoms with Crippen LogP contribution in [0.2, 0.25) is 0 Å². The van der Waals surface area contributed by atoms with Crippen molar-refractivity contribution < 1.29 is 22.7 Å².